The van der Waals surface area contributed by atoms with E-state index in [1.165, 1.54) is 0 Å². The summed E-state index contributed by atoms with van der Waals surface area (Å²) in [6.07, 6.45) is -0.809. The van der Waals surface area contributed by atoms with Gasteiger partial charge < -0.3 is 5.73 Å². The molecule has 0 atom stereocenters. The predicted octanol–water partition coefficient (Wildman–Crippen LogP) is 1.72. The van der Waals surface area contributed by atoms with Crippen LogP contribution in [0.4, 0.5) is 13.2 Å². The van der Waals surface area contributed by atoms with E-state index in [0.717, 1.165) is 13.8 Å². The second-order valence-electron chi connectivity index (χ2n) is 2.96. The normalized spacial score (nSPS) is 13.8. The first kappa shape index (κ1) is 9.75. The Kier molecular flexibility index (Phi) is 2.71. The van der Waals surface area contributed by atoms with Crippen LogP contribution < -0.4 is 5.73 Å². The molecule has 0 unspecified atom stereocenters. The second kappa shape index (κ2) is 2.78. The molecule has 0 aromatic heterocycles. The first-order valence-corrected chi connectivity index (χ1v) is 3.04. The molecular formula is C6H12F3N. The topological polar surface area (TPSA) is 26.0 Å². The molecule has 0 aliphatic carbocycles. The Balaban J connectivity index is 3.89. The van der Waals surface area contributed by atoms with Crippen molar-refractivity contribution < 1.29 is 13.2 Å². The molecule has 0 aromatic carbocycles. The summed E-state index contributed by atoms with van der Waals surface area (Å²) in [6.45, 7) is 1.42. The zero-order valence-corrected chi connectivity index (χ0v) is 6.13. The van der Waals surface area contributed by atoms with Crippen molar-refractivity contribution in [3.05, 3.63) is 0 Å². The van der Waals surface area contributed by atoms with Gasteiger partial charge in [0.2, 0.25) is 0 Å². The quantitative estimate of drug-likeness (QED) is 0.659. The summed E-state index contributed by atoms with van der Waals surface area (Å²) in [5.41, 5.74) is 2.85. The monoisotopic (exact) mass is 155 g/mol. The maximum absolute atomic E-state index is 12.5. The molecule has 0 aliphatic heterocycles. The van der Waals surface area contributed by atoms with Crippen LogP contribution in [0.2, 0.25) is 0 Å². The Hall–Kier alpha value is -0.250. The maximum Gasteiger partial charge on any atom is 0.263 e. The molecule has 0 saturated carbocycles. The minimum absolute atomic E-state index is 0.791. The van der Waals surface area contributed by atoms with Crippen LogP contribution in [0.25, 0.3) is 0 Å². The zero-order chi connectivity index (χ0) is 8.41. The summed E-state index contributed by atoms with van der Waals surface area (Å²) in [6, 6.07) is 0. The molecule has 4 heteroatoms. The van der Waals surface area contributed by atoms with Crippen LogP contribution in [0.1, 0.15) is 20.3 Å². The van der Waals surface area contributed by atoms with Crippen LogP contribution in [0.5, 0.6) is 0 Å². The molecule has 0 heterocycles. The van der Waals surface area contributed by atoms with Crippen LogP contribution in [-0.4, -0.2) is 18.1 Å². The van der Waals surface area contributed by atoms with Crippen molar-refractivity contribution in [1.82, 2.24) is 0 Å². The highest BCUT2D eigenvalue weighted by molar-refractivity contribution is 4.78. The van der Waals surface area contributed by atoms with Crippen molar-refractivity contribution in [2.24, 2.45) is 5.73 Å². The lowest BCUT2D eigenvalue weighted by molar-refractivity contribution is -0.0388. The lowest BCUT2D eigenvalue weighted by atomic mass is 10.0. The third-order valence-corrected chi connectivity index (χ3v) is 0.978. The number of alkyl halides is 3. The van der Waals surface area contributed by atoms with Crippen molar-refractivity contribution in [2.45, 2.75) is 31.9 Å². The Labute approximate surface area is 58.4 Å². The SMILES string of the molecule is CC(C)(F)CC(F)(F)CN. The Morgan fingerprint density at radius 1 is 1.20 bits per heavy atom. The predicted molar refractivity (Wildman–Crippen MR) is 33.8 cm³/mol. The van der Waals surface area contributed by atoms with Gasteiger partial charge in [-0.05, 0) is 13.8 Å². The number of halogens is 3. The number of hydrogen-bond donors (Lipinski definition) is 1. The largest absolute Gasteiger partial charge is 0.325 e. The number of hydrogen-bond acceptors (Lipinski definition) is 1. The molecule has 0 rings (SSSR count). The standard InChI is InChI=1S/C6H12F3N/c1-5(2,7)3-6(8,9)4-10/h3-4,10H2,1-2H3. The maximum atomic E-state index is 12.5. The van der Waals surface area contributed by atoms with E-state index >= 15 is 0 Å². The molecule has 0 radical (unpaired) electrons. The van der Waals surface area contributed by atoms with Gasteiger partial charge in [0.25, 0.3) is 5.92 Å². The van der Waals surface area contributed by atoms with Gasteiger partial charge >= 0.3 is 0 Å². The van der Waals surface area contributed by atoms with E-state index in [9.17, 15) is 13.2 Å². The van der Waals surface area contributed by atoms with Gasteiger partial charge in [-0.1, -0.05) is 0 Å². The van der Waals surface area contributed by atoms with E-state index < -0.39 is 24.6 Å². The van der Waals surface area contributed by atoms with Crippen LogP contribution in [-0.2, 0) is 0 Å². The molecule has 0 saturated heterocycles. The van der Waals surface area contributed by atoms with E-state index in [1.807, 2.05) is 0 Å². The Bertz CT molecular complexity index is 106. The molecule has 10 heavy (non-hydrogen) atoms. The molecule has 0 spiro atoms. The second-order valence-corrected chi connectivity index (χ2v) is 2.96. The Morgan fingerprint density at radius 2 is 1.60 bits per heavy atom. The molecule has 2 N–H and O–H groups in total. The van der Waals surface area contributed by atoms with Gasteiger partial charge in [-0.3, -0.25) is 0 Å². The third-order valence-electron chi connectivity index (χ3n) is 0.978. The molecule has 0 fully saturated rings. The summed E-state index contributed by atoms with van der Waals surface area (Å²) in [5.74, 6) is -3.07. The average Bonchev–Trinajstić information content (AvgIpc) is 1.60. The molecule has 0 aromatic rings. The highest BCUT2D eigenvalue weighted by Crippen LogP contribution is 2.27. The van der Waals surface area contributed by atoms with Crippen molar-refractivity contribution in [2.75, 3.05) is 6.54 Å². The first-order valence-electron chi connectivity index (χ1n) is 3.04. The smallest absolute Gasteiger partial charge is 0.263 e. The highest BCUT2D eigenvalue weighted by atomic mass is 19.3. The van der Waals surface area contributed by atoms with Crippen LogP contribution in [0, 0.1) is 0 Å². The summed E-state index contributed by atoms with van der Waals surface area (Å²) in [5, 5.41) is 0. The van der Waals surface area contributed by atoms with Crippen LogP contribution in [0.3, 0.4) is 0 Å². The van der Waals surface area contributed by atoms with E-state index in [1.54, 1.807) is 0 Å². The van der Waals surface area contributed by atoms with Crippen molar-refractivity contribution >= 4 is 0 Å². The molecule has 62 valence electrons. The minimum atomic E-state index is -3.07. The van der Waals surface area contributed by atoms with Gasteiger partial charge in [-0.15, -0.1) is 0 Å². The fourth-order valence-electron chi connectivity index (χ4n) is 0.687. The lowest BCUT2D eigenvalue weighted by Gasteiger charge is -2.20. The molecule has 1 nitrogen and oxygen atoms in total. The van der Waals surface area contributed by atoms with Crippen molar-refractivity contribution in [1.29, 1.82) is 0 Å². The highest BCUT2D eigenvalue weighted by Gasteiger charge is 2.35. The van der Waals surface area contributed by atoms with E-state index in [2.05, 4.69) is 0 Å². The van der Waals surface area contributed by atoms with Gasteiger partial charge in [0, 0.05) is 6.42 Å². The molecular weight excluding hydrogens is 143 g/mol. The molecule has 0 aliphatic rings. The van der Waals surface area contributed by atoms with Gasteiger partial charge in [-0.2, -0.15) is 0 Å². The van der Waals surface area contributed by atoms with Crippen LogP contribution in [0.15, 0.2) is 0 Å². The zero-order valence-electron chi connectivity index (χ0n) is 6.13. The lowest BCUT2D eigenvalue weighted by Crippen LogP contribution is -2.34. The summed E-state index contributed by atoms with van der Waals surface area (Å²) in [4.78, 5) is 0. The van der Waals surface area contributed by atoms with E-state index in [-0.39, 0.29) is 0 Å². The van der Waals surface area contributed by atoms with E-state index in [0.29, 0.717) is 0 Å². The van der Waals surface area contributed by atoms with Gasteiger partial charge in [0.1, 0.15) is 5.67 Å². The van der Waals surface area contributed by atoms with Gasteiger partial charge in [0.05, 0.1) is 6.54 Å². The van der Waals surface area contributed by atoms with Crippen molar-refractivity contribution in [3.8, 4) is 0 Å². The molecule has 0 bridgehead atoms. The fraction of sp³-hybridized carbons (Fsp3) is 1.00. The third kappa shape index (κ3) is 4.61. The fourth-order valence-corrected chi connectivity index (χ4v) is 0.687. The van der Waals surface area contributed by atoms with E-state index in [4.69, 9.17) is 5.73 Å². The summed E-state index contributed by atoms with van der Waals surface area (Å²) in [7, 11) is 0. The minimum Gasteiger partial charge on any atom is -0.325 e. The average molecular weight is 155 g/mol. The number of rotatable bonds is 3. The van der Waals surface area contributed by atoms with Crippen molar-refractivity contribution in [3.63, 3.8) is 0 Å². The number of nitrogens with two attached hydrogens (primary N) is 1. The van der Waals surface area contributed by atoms with Crippen LogP contribution >= 0.6 is 0 Å². The Morgan fingerprint density at radius 3 is 1.70 bits per heavy atom. The first-order chi connectivity index (χ1) is 4.27. The summed E-state index contributed by atoms with van der Waals surface area (Å²) < 4.78 is 37.1. The van der Waals surface area contributed by atoms with Gasteiger partial charge in [-0.25, -0.2) is 13.2 Å². The van der Waals surface area contributed by atoms with Gasteiger partial charge in [0.15, 0.2) is 0 Å². The molecule has 0 amide bonds. The summed E-state index contributed by atoms with van der Waals surface area (Å²) >= 11 is 0.